The van der Waals surface area contributed by atoms with Crippen LogP contribution in [0.4, 0.5) is 5.69 Å². The van der Waals surface area contributed by atoms with Gasteiger partial charge in [0, 0.05) is 35.8 Å². The lowest BCUT2D eigenvalue weighted by Crippen LogP contribution is -2.55. The Kier molecular flexibility index (Phi) is 6.32. The molecule has 0 aliphatic carbocycles. The summed E-state index contributed by atoms with van der Waals surface area (Å²) >= 11 is 0. The van der Waals surface area contributed by atoms with Gasteiger partial charge in [0.2, 0.25) is 5.91 Å². The molecule has 3 aliphatic rings. The van der Waals surface area contributed by atoms with E-state index in [1.54, 1.807) is 31.4 Å². The number of fused-ring (bicyclic) bond motifs is 4. The number of nitrogens with zero attached hydrogens (tertiary/aromatic N) is 1. The van der Waals surface area contributed by atoms with Crippen LogP contribution in [-0.2, 0) is 9.53 Å². The molecule has 35 heavy (non-hydrogen) atoms. The molecule has 2 aromatic carbocycles. The molecule has 0 unspecified atom stereocenters. The van der Waals surface area contributed by atoms with Gasteiger partial charge in [-0.05, 0) is 69.9 Å². The van der Waals surface area contributed by atoms with Crippen LogP contribution in [0.2, 0.25) is 0 Å². The van der Waals surface area contributed by atoms with E-state index in [2.05, 4.69) is 30.1 Å². The second-order valence-corrected chi connectivity index (χ2v) is 10.5. The quantitative estimate of drug-likeness (QED) is 0.639. The molecule has 0 aromatic heterocycles. The van der Waals surface area contributed by atoms with Crippen molar-refractivity contribution >= 4 is 17.4 Å². The van der Waals surface area contributed by atoms with E-state index in [1.165, 1.54) is 6.92 Å². The number of hydrogen-bond acceptors (Lipinski definition) is 6. The lowest BCUT2D eigenvalue weighted by molar-refractivity contribution is -0.187. The van der Waals surface area contributed by atoms with E-state index in [4.69, 9.17) is 14.2 Å². The second-order valence-electron chi connectivity index (χ2n) is 10.5. The van der Waals surface area contributed by atoms with Crippen LogP contribution in [0.15, 0.2) is 42.5 Å². The average Bonchev–Trinajstić information content (AvgIpc) is 2.83. The van der Waals surface area contributed by atoms with Crippen LogP contribution in [0.1, 0.15) is 55.6 Å². The summed E-state index contributed by atoms with van der Waals surface area (Å²) in [5, 5.41) is 2.95. The molecule has 0 spiro atoms. The van der Waals surface area contributed by atoms with Crippen molar-refractivity contribution in [3.63, 3.8) is 0 Å². The van der Waals surface area contributed by atoms with E-state index in [1.807, 2.05) is 12.1 Å². The topological polar surface area (TPSA) is 77.1 Å². The van der Waals surface area contributed by atoms with Crippen molar-refractivity contribution in [1.29, 1.82) is 0 Å². The number of piperidine rings is 1. The second kappa shape index (κ2) is 9.28. The fourth-order valence-electron chi connectivity index (χ4n) is 5.86. The molecule has 2 saturated heterocycles. The molecule has 4 atom stereocenters. The fraction of sp³-hybridized carbons (Fsp3) is 0.500. The number of rotatable bonds is 5. The van der Waals surface area contributed by atoms with Crippen molar-refractivity contribution in [3.05, 3.63) is 53.6 Å². The zero-order chi connectivity index (χ0) is 24.7. The number of carbonyl (C=O) groups excluding carboxylic acids is 2. The SMILES string of the molecule is COc1cccc2c1OC(C)(C)[C@H]1C[C@@H]3CN(CC(=O)Nc4ccc(C(C)=O)cc4)CC[C@@H]3O[C@H]21. The van der Waals surface area contributed by atoms with Crippen molar-refractivity contribution in [2.45, 2.75) is 51.4 Å². The van der Waals surface area contributed by atoms with Gasteiger partial charge in [-0.2, -0.15) is 0 Å². The molecular weight excluding hydrogens is 444 g/mol. The maximum absolute atomic E-state index is 12.7. The number of benzene rings is 2. The minimum atomic E-state index is -0.386. The number of ether oxygens (including phenoxy) is 3. The van der Waals surface area contributed by atoms with Crippen molar-refractivity contribution in [2.75, 3.05) is 32.1 Å². The van der Waals surface area contributed by atoms with Crippen LogP contribution >= 0.6 is 0 Å². The van der Waals surface area contributed by atoms with Crippen molar-refractivity contribution in [1.82, 2.24) is 4.90 Å². The number of para-hydroxylation sites is 1. The highest BCUT2D eigenvalue weighted by Gasteiger charge is 2.52. The maximum atomic E-state index is 12.7. The average molecular weight is 479 g/mol. The number of carbonyl (C=O) groups is 2. The molecule has 0 bridgehead atoms. The first-order chi connectivity index (χ1) is 16.7. The fourth-order valence-corrected chi connectivity index (χ4v) is 5.86. The number of methoxy groups -OCH3 is 1. The first-order valence-corrected chi connectivity index (χ1v) is 12.4. The monoisotopic (exact) mass is 478 g/mol. The zero-order valence-electron chi connectivity index (χ0n) is 20.9. The number of nitrogens with one attached hydrogen (secondary N) is 1. The molecule has 1 amide bonds. The number of amides is 1. The van der Waals surface area contributed by atoms with Crippen molar-refractivity contribution in [3.8, 4) is 11.5 Å². The minimum absolute atomic E-state index is 0.0110. The lowest BCUT2D eigenvalue weighted by Gasteiger charge is -2.53. The van der Waals surface area contributed by atoms with E-state index < -0.39 is 0 Å². The molecule has 3 aliphatic heterocycles. The Labute approximate surface area is 206 Å². The van der Waals surface area contributed by atoms with Crippen LogP contribution in [0.5, 0.6) is 11.5 Å². The highest BCUT2D eigenvalue weighted by atomic mass is 16.5. The summed E-state index contributed by atoms with van der Waals surface area (Å²) in [4.78, 5) is 26.4. The molecule has 2 aromatic rings. The van der Waals surface area contributed by atoms with Gasteiger partial charge >= 0.3 is 0 Å². The van der Waals surface area contributed by atoms with Crippen LogP contribution in [0.25, 0.3) is 0 Å². The van der Waals surface area contributed by atoms with Crippen molar-refractivity contribution < 1.29 is 23.8 Å². The van der Waals surface area contributed by atoms with Gasteiger partial charge in [0.1, 0.15) is 5.60 Å². The van der Waals surface area contributed by atoms with Crippen LogP contribution in [0.3, 0.4) is 0 Å². The highest BCUT2D eigenvalue weighted by Crippen LogP contribution is 2.55. The summed E-state index contributed by atoms with van der Waals surface area (Å²) in [6.45, 7) is 7.78. The van der Waals surface area contributed by atoms with E-state index in [0.717, 1.165) is 43.0 Å². The van der Waals surface area contributed by atoms with E-state index >= 15 is 0 Å². The Bertz CT molecular complexity index is 1110. The summed E-state index contributed by atoms with van der Waals surface area (Å²) < 4.78 is 18.8. The van der Waals surface area contributed by atoms with Gasteiger partial charge in [-0.1, -0.05) is 12.1 Å². The number of Topliss-reactive ketones (excluding diaryl/α,β-unsaturated/α-hetero) is 1. The minimum Gasteiger partial charge on any atom is -0.493 e. The van der Waals surface area contributed by atoms with Gasteiger partial charge in [-0.15, -0.1) is 0 Å². The lowest BCUT2D eigenvalue weighted by atomic mass is 9.70. The summed E-state index contributed by atoms with van der Waals surface area (Å²) in [6, 6.07) is 13.0. The molecule has 1 N–H and O–H groups in total. The Morgan fingerprint density at radius 3 is 2.66 bits per heavy atom. The Hall–Kier alpha value is -2.90. The number of hydrogen-bond donors (Lipinski definition) is 1. The van der Waals surface area contributed by atoms with Crippen LogP contribution in [0, 0.1) is 11.8 Å². The zero-order valence-corrected chi connectivity index (χ0v) is 20.9. The van der Waals surface area contributed by atoms with Gasteiger partial charge in [0.15, 0.2) is 17.3 Å². The summed E-state index contributed by atoms with van der Waals surface area (Å²) in [5.74, 6) is 2.08. The van der Waals surface area contributed by atoms with Gasteiger partial charge in [0.05, 0.1) is 25.9 Å². The molecule has 7 heteroatoms. The Morgan fingerprint density at radius 2 is 1.94 bits per heavy atom. The van der Waals surface area contributed by atoms with E-state index in [9.17, 15) is 9.59 Å². The molecule has 0 radical (unpaired) electrons. The van der Waals surface area contributed by atoms with Gasteiger partial charge in [-0.25, -0.2) is 0 Å². The standard InChI is InChI=1S/C28H34N2O5/c1-17(31)18-8-10-20(11-9-18)29-25(32)16-30-13-12-23-19(15-30)14-22-26(34-23)21-6-5-7-24(33-4)27(21)35-28(22,2)3/h5-11,19,22-23,26H,12-16H2,1-4H3,(H,29,32)/t19-,22+,23+,26-/m1/s1. The van der Waals surface area contributed by atoms with Crippen LogP contribution in [-0.4, -0.2) is 55.0 Å². The molecule has 2 fully saturated rings. The first-order valence-electron chi connectivity index (χ1n) is 12.4. The molecule has 7 nitrogen and oxygen atoms in total. The predicted molar refractivity (Wildman–Crippen MR) is 133 cm³/mol. The third-order valence-electron chi connectivity index (χ3n) is 7.73. The van der Waals surface area contributed by atoms with Gasteiger partial charge in [-0.3, -0.25) is 14.5 Å². The predicted octanol–water partition coefficient (Wildman–Crippen LogP) is 4.48. The number of anilines is 1. The summed E-state index contributed by atoms with van der Waals surface area (Å²) in [7, 11) is 1.67. The third-order valence-corrected chi connectivity index (χ3v) is 7.73. The smallest absolute Gasteiger partial charge is 0.238 e. The van der Waals surface area contributed by atoms with Crippen LogP contribution < -0.4 is 14.8 Å². The molecule has 5 rings (SSSR count). The van der Waals surface area contributed by atoms with E-state index in [-0.39, 0.29) is 35.4 Å². The number of ketones is 1. The normalized spacial score (nSPS) is 27.0. The Balaban J connectivity index is 1.24. The van der Waals surface area contributed by atoms with Gasteiger partial charge < -0.3 is 19.5 Å². The molecule has 3 heterocycles. The van der Waals surface area contributed by atoms with Gasteiger partial charge in [0.25, 0.3) is 0 Å². The largest absolute Gasteiger partial charge is 0.493 e. The summed E-state index contributed by atoms with van der Waals surface area (Å²) in [5.41, 5.74) is 2.03. The maximum Gasteiger partial charge on any atom is 0.238 e. The van der Waals surface area contributed by atoms with Crippen molar-refractivity contribution in [2.24, 2.45) is 11.8 Å². The summed E-state index contributed by atoms with van der Waals surface area (Å²) in [6.07, 6.45) is 2.04. The van der Waals surface area contributed by atoms with E-state index in [0.29, 0.717) is 23.7 Å². The number of likely N-dealkylation sites (tertiary alicyclic amines) is 1. The Morgan fingerprint density at radius 1 is 1.17 bits per heavy atom. The molecule has 186 valence electrons. The molecule has 0 saturated carbocycles. The highest BCUT2D eigenvalue weighted by molar-refractivity contribution is 5.96. The first kappa shape index (κ1) is 23.8. The molecular formula is C28H34N2O5. The third kappa shape index (κ3) is 4.67.